The molecule has 0 saturated carbocycles. The molecule has 0 spiro atoms. The van der Waals surface area contributed by atoms with E-state index in [1.807, 2.05) is 0 Å². The lowest BCUT2D eigenvalue weighted by Crippen LogP contribution is -2.42. The first-order valence-corrected chi connectivity index (χ1v) is 6.31. The van der Waals surface area contributed by atoms with Gasteiger partial charge in [-0.1, -0.05) is 22.8 Å². The molecule has 0 radical (unpaired) electrons. The largest absolute Gasteiger partial charge is 0.478 e. The molecule has 0 fully saturated rings. The normalized spacial score (nSPS) is 11.2. The highest BCUT2D eigenvalue weighted by Crippen LogP contribution is 2.23. The molecule has 0 aliphatic heterocycles. The van der Waals surface area contributed by atoms with Crippen molar-refractivity contribution in [3.63, 3.8) is 0 Å². The molecule has 6 nitrogen and oxygen atoms in total. The topological polar surface area (TPSA) is 77.3 Å². The number of benzene rings is 1. The maximum absolute atomic E-state index is 12.2. The van der Waals surface area contributed by atoms with Crippen LogP contribution in [-0.4, -0.2) is 21.8 Å². The highest BCUT2D eigenvalue weighted by atomic mass is 35.5. The van der Waals surface area contributed by atoms with Crippen LogP contribution >= 0.6 is 11.6 Å². The van der Waals surface area contributed by atoms with E-state index < -0.39 is 5.60 Å². The Bertz CT molecular complexity index is 625. The molecule has 0 saturated heterocycles. The third kappa shape index (κ3) is 3.27. The van der Waals surface area contributed by atoms with Gasteiger partial charge in [0.1, 0.15) is 11.4 Å². The molecule has 0 atom stereocenters. The Kier molecular flexibility index (Phi) is 3.94. The van der Waals surface area contributed by atoms with E-state index in [1.165, 1.54) is 0 Å². The second kappa shape index (κ2) is 5.50. The minimum absolute atomic E-state index is 0.276. The number of ether oxygens (including phenoxy) is 1. The average Bonchev–Trinajstić information content (AvgIpc) is 2.74. The zero-order valence-electron chi connectivity index (χ0n) is 11.3. The fourth-order valence-corrected chi connectivity index (χ4v) is 1.65. The Morgan fingerprint density at radius 2 is 2.15 bits per heavy atom. The number of rotatable bonds is 4. The summed E-state index contributed by atoms with van der Waals surface area (Å²) in [5, 5.41) is 10.3. The van der Waals surface area contributed by atoms with Gasteiger partial charge in [0.2, 0.25) is 0 Å². The molecule has 0 aliphatic rings. The van der Waals surface area contributed by atoms with Crippen molar-refractivity contribution in [3.05, 3.63) is 35.0 Å². The van der Waals surface area contributed by atoms with E-state index >= 15 is 0 Å². The lowest BCUT2D eigenvalue weighted by molar-refractivity contribution is -0.128. The van der Waals surface area contributed by atoms with Gasteiger partial charge in [-0.3, -0.25) is 4.79 Å². The van der Waals surface area contributed by atoms with Gasteiger partial charge in [-0.2, -0.15) is 0 Å². The van der Waals surface area contributed by atoms with Crippen molar-refractivity contribution in [2.24, 2.45) is 0 Å². The molecule has 7 heteroatoms. The predicted octanol–water partition coefficient (Wildman–Crippen LogP) is 2.83. The van der Waals surface area contributed by atoms with Crippen LogP contribution in [0.3, 0.4) is 0 Å². The third-order valence-corrected chi connectivity index (χ3v) is 2.84. The highest BCUT2D eigenvalue weighted by Gasteiger charge is 2.31. The first kappa shape index (κ1) is 14.3. The summed E-state index contributed by atoms with van der Waals surface area (Å²) in [5.74, 6) is 0.418. The van der Waals surface area contributed by atoms with E-state index in [2.05, 4.69) is 20.3 Å². The second-order valence-corrected chi connectivity index (χ2v) is 5.16. The number of nitrogens with zero attached hydrogens (tertiary/aromatic N) is 2. The zero-order valence-corrected chi connectivity index (χ0v) is 12.1. The summed E-state index contributed by atoms with van der Waals surface area (Å²) in [5.41, 5.74) is -0.604. The van der Waals surface area contributed by atoms with Gasteiger partial charge < -0.3 is 10.1 Å². The molecule has 1 aromatic carbocycles. The first-order chi connectivity index (χ1) is 9.38. The molecule has 1 aromatic heterocycles. The molecule has 106 valence electrons. The fraction of sp³-hybridized carbons (Fsp3) is 0.308. The van der Waals surface area contributed by atoms with Crippen molar-refractivity contribution < 1.29 is 14.2 Å². The fourth-order valence-electron chi connectivity index (χ4n) is 1.47. The van der Waals surface area contributed by atoms with Crippen LogP contribution in [0, 0.1) is 6.92 Å². The summed E-state index contributed by atoms with van der Waals surface area (Å²) in [6.45, 7) is 4.97. The summed E-state index contributed by atoms with van der Waals surface area (Å²) < 4.78 is 10.2. The maximum atomic E-state index is 12.2. The van der Waals surface area contributed by atoms with E-state index in [0.29, 0.717) is 16.5 Å². The van der Waals surface area contributed by atoms with Gasteiger partial charge in [0.25, 0.3) is 5.91 Å². The van der Waals surface area contributed by atoms with E-state index in [4.69, 9.17) is 16.3 Å². The van der Waals surface area contributed by atoms with Crippen LogP contribution in [0.5, 0.6) is 5.75 Å². The molecule has 0 bridgehead atoms. The molecule has 0 unspecified atom stereocenters. The van der Waals surface area contributed by atoms with Crippen LogP contribution in [0.4, 0.5) is 5.82 Å². The molecular formula is C13H14ClN3O3. The molecule has 20 heavy (non-hydrogen) atoms. The van der Waals surface area contributed by atoms with Gasteiger partial charge in [0.15, 0.2) is 11.4 Å². The Hall–Kier alpha value is -2.08. The summed E-state index contributed by atoms with van der Waals surface area (Å²) in [6, 6.07) is 6.84. The minimum Gasteiger partial charge on any atom is -0.478 e. The lowest BCUT2D eigenvalue weighted by atomic mass is 10.1. The molecule has 2 rings (SSSR count). The van der Waals surface area contributed by atoms with Gasteiger partial charge in [0, 0.05) is 5.02 Å². The van der Waals surface area contributed by atoms with Gasteiger partial charge in [0.05, 0.1) is 0 Å². The highest BCUT2D eigenvalue weighted by molar-refractivity contribution is 6.30. The summed E-state index contributed by atoms with van der Waals surface area (Å²) in [4.78, 5) is 12.2. The van der Waals surface area contributed by atoms with Crippen LogP contribution in [0.25, 0.3) is 0 Å². The number of aromatic nitrogens is 2. The number of amides is 1. The smallest absolute Gasteiger partial charge is 0.269 e. The monoisotopic (exact) mass is 295 g/mol. The van der Waals surface area contributed by atoms with Crippen LogP contribution in [0.2, 0.25) is 5.02 Å². The van der Waals surface area contributed by atoms with Gasteiger partial charge in [-0.15, -0.1) is 0 Å². The third-order valence-electron chi connectivity index (χ3n) is 2.60. The first-order valence-electron chi connectivity index (χ1n) is 5.94. The number of anilines is 1. The van der Waals surface area contributed by atoms with Crippen molar-refractivity contribution >= 4 is 23.3 Å². The Morgan fingerprint density at radius 1 is 1.40 bits per heavy atom. The number of halogens is 1. The average molecular weight is 296 g/mol. The van der Waals surface area contributed by atoms with Crippen LogP contribution in [0.1, 0.15) is 19.5 Å². The molecular weight excluding hydrogens is 282 g/mol. The molecule has 1 heterocycles. The number of hydrogen-bond donors (Lipinski definition) is 1. The van der Waals surface area contributed by atoms with Crippen molar-refractivity contribution in [3.8, 4) is 5.75 Å². The predicted molar refractivity (Wildman–Crippen MR) is 73.8 cm³/mol. The Labute approximate surface area is 121 Å². The minimum atomic E-state index is -1.10. The second-order valence-electron chi connectivity index (χ2n) is 4.72. The van der Waals surface area contributed by atoms with Gasteiger partial charge >= 0.3 is 0 Å². The maximum Gasteiger partial charge on any atom is 0.269 e. The quantitative estimate of drug-likeness (QED) is 0.938. The van der Waals surface area contributed by atoms with Crippen molar-refractivity contribution in [1.82, 2.24) is 10.3 Å². The Balaban J connectivity index is 2.09. The van der Waals surface area contributed by atoms with Crippen molar-refractivity contribution in [2.75, 3.05) is 5.32 Å². The van der Waals surface area contributed by atoms with Crippen LogP contribution in [-0.2, 0) is 4.79 Å². The van der Waals surface area contributed by atoms with Crippen molar-refractivity contribution in [2.45, 2.75) is 26.4 Å². The number of carbonyl (C=O) groups excluding carboxylic acids is 1. The van der Waals surface area contributed by atoms with Crippen molar-refractivity contribution in [1.29, 1.82) is 0 Å². The molecule has 1 amide bonds. The summed E-state index contributed by atoms with van der Waals surface area (Å²) >= 11 is 5.88. The van der Waals surface area contributed by atoms with Gasteiger partial charge in [-0.25, -0.2) is 4.63 Å². The van der Waals surface area contributed by atoms with Crippen LogP contribution < -0.4 is 10.1 Å². The SMILES string of the molecule is Cc1nonc1NC(=O)C(C)(C)Oc1cccc(Cl)c1. The lowest BCUT2D eigenvalue weighted by Gasteiger charge is -2.24. The summed E-state index contributed by atoms with van der Waals surface area (Å²) in [6.07, 6.45) is 0. The van der Waals surface area contributed by atoms with E-state index in [1.54, 1.807) is 45.0 Å². The standard InChI is InChI=1S/C13H14ClN3O3/c1-8-11(17-20-16-8)15-12(18)13(2,3)19-10-6-4-5-9(14)7-10/h4-7H,1-3H3,(H,15,17,18). The molecule has 2 aromatic rings. The number of hydrogen-bond acceptors (Lipinski definition) is 5. The number of nitrogens with one attached hydrogen (secondary N) is 1. The number of aryl methyl sites for hydroxylation is 1. The molecule has 1 N–H and O–H groups in total. The number of carbonyl (C=O) groups is 1. The Morgan fingerprint density at radius 3 is 2.75 bits per heavy atom. The van der Waals surface area contributed by atoms with Gasteiger partial charge in [-0.05, 0) is 44.1 Å². The van der Waals surface area contributed by atoms with E-state index in [9.17, 15) is 4.79 Å². The van der Waals surface area contributed by atoms with Crippen LogP contribution in [0.15, 0.2) is 28.9 Å². The van der Waals surface area contributed by atoms with E-state index in [-0.39, 0.29) is 11.7 Å². The summed E-state index contributed by atoms with van der Waals surface area (Å²) in [7, 11) is 0. The molecule has 0 aliphatic carbocycles. The zero-order chi connectivity index (χ0) is 14.8. The van der Waals surface area contributed by atoms with E-state index in [0.717, 1.165) is 0 Å².